The van der Waals surface area contributed by atoms with E-state index in [0.717, 1.165) is 46.4 Å². The Labute approximate surface area is 181 Å². The third kappa shape index (κ3) is 3.85. The number of pyridine rings is 1. The summed E-state index contributed by atoms with van der Waals surface area (Å²) in [7, 11) is 3.38. The number of anilines is 1. The lowest BCUT2D eigenvalue weighted by Gasteiger charge is -2.20. The fraction of sp³-hybridized carbons (Fsp3) is 0.292. The molecule has 0 spiro atoms. The molecule has 5 nitrogen and oxygen atoms in total. The molecule has 0 saturated carbocycles. The van der Waals surface area contributed by atoms with Crippen LogP contribution in [0.2, 0.25) is 0 Å². The van der Waals surface area contributed by atoms with E-state index in [2.05, 4.69) is 58.9 Å². The van der Waals surface area contributed by atoms with Crippen LogP contribution < -0.4 is 18.9 Å². The number of rotatable bonds is 7. The highest BCUT2D eigenvalue weighted by Crippen LogP contribution is 2.48. The maximum absolute atomic E-state index is 9.40. The number of hydrogen-bond donors (Lipinski definition) is 1. The first-order valence-electron chi connectivity index (χ1n) is 10.1. The molecule has 0 unspecified atom stereocenters. The van der Waals surface area contributed by atoms with Crippen LogP contribution in [0.5, 0.6) is 11.5 Å². The van der Waals surface area contributed by atoms with Crippen molar-refractivity contribution in [3.8, 4) is 11.5 Å². The molecule has 156 valence electrons. The van der Waals surface area contributed by atoms with Gasteiger partial charge >= 0.3 is 0 Å². The largest absolute Gasteiger partial charge is 0.497 e. The van der Waals surface area contributed by atoms with Crippen molar-refractivity contribution in [1.82, 2.24) is 0 Å². The van der Waals surface area contributed by atoms with Crippen molar-refractivity contribution in [3.05, 3.63) is 59.3 Å². The van der Waals surface area contributed by atoms with E-state index in [4.69, 9.17) is 9.47 Å². The highest BCUT2D eigenvalue weighted by molar-refractivity contribution is 8.03. The minimum absolute atomic E-state index is 0.167. The zero-order valence-corrected chi connectivity index (χ0v) is 18.4. The van der Waals surface area contributed by atoms with E-state index in [-0.39, 0.29) is 6.61 Å². The summed E-state index contributed by atoms with van der Waals surface area (Å²) in [4.78, 5) is 3.48. The molecule has 0 saturated heterocycles. The number of hydrogen-bond acceptors (Lipinski definition) is 5. The highest BCUT2D eigenvalue weighted by Gasteiger charge is 2.27. The third-order valence-electron chi connectivity index (χ3n) is 5.34. The maximum Gasteiger partial charge on any atom is 0.213 e. The molecule has 1 aliphatic rings. The monoisotopic (exact) mass is 423 g/mol. The average Bonchev–Trinajstić information content (AvgIpc) is 3.12. The summed E-state index contributed by atoms with van der Waals surface area (Å²) in [5.41, 5.74) is 3.45. The van der Waals surface area contributed by atoms with E-state index in [1.807, 2.05) is 12.1 Å². The van der Waals surface area contributed by atoms with Gasteiger partial charge in [0.1, 0.15) is 18.0 Å². The second-order valence-electron chi connectivity index (χ2n) is 7.07. The van der Waals surface area contributed by atoms with E-state index in [1.165, 1.54) is 10.4 Å². The van der Waals surface area contributed by atoms with Crippen molar-refractivity contribution in [2.45, 2.75) is 24.8 Å². The van der Waals surface area contributed by atoms with Crippen LogP contribution in [0.25, 0.3) is 17.0 Å². The maximum atomic E-state index is 9.40. The zero-order chi connectivity index (χ0) is 21.1. The van der Waals surface area contributed by atoms with Crippen molar-refractivity contribution in [2.75, 3.05) is 32.3 Å². The van der Waals surface area contributed by atoms with Crippen molar-refractivity contribution < 1.29 is 19.1 Å². The standard InChI is InChI=1S/C24H27N2O3S/c1-4-25-18(7-6-17-14-19(28-2)8-10-21(17)25)15-24-26(12-5-13-27)22-16-20(29-3)9-11-23(22)30-24/h6-11,14-16,27H,4-5,12-13H2,1-3H3/q+1. The summed E-state index contributed by atoms with van der Waals surface area (Å²) in [6, 6.07) is 16.7. The fourth-order valence-electron chi connectivity index (χ4n) is 3.82. The number of aliphatic hydroxyl groups is 1. The lowest BCUT2D eigenvalue weighted by molar-refractivity contribution is -0.669. The van der Waals surface area contributed by atoms with Gasteiger partial charge < -0.3 is 19.5 Å². The molecule has 4 rings (SSSR count). The van der Waals surface area contributed by atoms with Gasteiger partial charge in [-0.15, -0.1) is 0 Å². The van der Waals surface area contributed by atoms with Crippen LogP contribution in [0, 0.1) is 0 Å². The van der Waals surface area contributed by atoms with Crippen LogP contribution in [0.1, 0.15) is 19.0 Å². The minimum Gasteiger partial charge on any atom is -0.497 e. The highest BCUT2D eigenvalue weighted by atomic mass is 32.2. The SMILES string of the molecule is CC[n+]1c(/C=C2\Sc3ccc(OC)cc3N2CCCO)ccc2cc(OC)ccc21. The van der Waals surface area contributed by atoms with Gasteiger partial charge in [0.25, 0.3) is 0 Å². The second-order valence-corrected chi connectivity index (χ2v) is 8.14. The molecule has 0 atom stereocenters. The Morgan fingerprint density at radius 1 is 1.03 bits per heavy atom. The zero-order valence-electron chi connectivity index (χ0n) is 17.6. The lowest BCUT2D eigenvalue weighted by Crippen LogP contribution is -2.37. The smallest absolute Gasteiger partial charge is 0.213 e. The van der Waals surface area contributed by atoms with Crippen LogP contribution in [-0.4, -0.2) is 32.5 Å². The van der Waals surface area contributed by atoms with Crippen LogP contribution in [0.15, 0.2) is 58.5 Å². The van der Waals surface area contributed by atoms with Crippen molar-refractivity contribution in [2.24, 2.45) is 0 Å². The summed E-state index contributed by atoms with van der Waals surface area (Å²) in [5, 5.41) is 11.7. The predicted molar refractivity (Wildman–Crippen MR) is 122 cm³/mol. The topological polar surface area (TPSA) is 45.8 Å². The molecule has 0 aliphatic carbocycles. The number of aliphatic hydroxyl groups excluding tert-OH is 1. The average molecular weight is 424 g/mol. The summed E-state index contributed by atoms with van der Waals surface area (Å²) in [5.74, 6) is 1.70. The number of fused-ring (bicyclic) bond motifs is 2. The van der Waals surface area contributed by atoms with Gasteiger partial charge in [0.15, 0.2) is 0 Å². The first kappa shape index (κ1) is 20.6. The predicted octanol–water partition coefficient (Wildman–Crippen LogP) is 4.46. The first-order valence-corrected chi connectivity index (χ1v) is 11.0. The number of aromatic nitrogens is 1. The molecule has 0 bridgehead atoms. The van der Waals surface area contributed by atoms with Crippen LogP contribution in [0.3, 0.4) is 0 Å². The molecule has 1 aromatic heterocycles. The van der Waals surface area contributed by atoms with Crippen LogP contribution in [0.4, 0.5) is 5.69 Å². The summed E-state index contributed by atoms with van der Waals surface area (Å²) in [6.07, 6.45) is 2.95. The number of benzene rings is 2. The third-order valence-corrected chi connectivity index (χ3v) is 6.45. The normalized spacial score (nSPS) is 14.4. The molecule has 1 N–H and O–H groups in total. The Hall–Kier alpha value is -2.70. The summed E-state index contributed by atoms with van der Waals surface area (Å²) < 4.78 is 13.1. The van der Waals surface area contributed by atoms with Crippen molar-refractivity contribution in [1.29, 1.82) is 0 Å². The van der Waals surface area contributed by atoms with Crippen LogP contribution >= 0.6 is 11.8 Å². The van der Waals surface area contributed by atoms with Gasteiger partial charge in [-0.3, -0.25) is 0 Å². The number of aryl methyl sites for hydroxylation is 1. The van der Waals surface area contributed by atoms with E-state index < -0.39 is 0 Å². The number of nitrogens with zero attached hydrogens (tertiary/aromatic N) is 2. The molecule has 0 fully saturated rings. The van der Waals surface area contributed by atoms with Gasteiger partial charge in [0.2, 0.25) is 11.2 Å². The van der Waals surface area contributed by atoms with E-state index >= 15 is 0 Å². The van der Waals surface area contributed by atoms with Crippen molar-refractivity contribution in [3.63, 3.8) is 0 Å². The van der Waals surface area contributed by atoms with Crippen molar-refractivity contribution >= 4 is 34.4 Å². The lowest BCUT2D eigenvalue weighted by atomic mass is 10.1. The second kappa shape index (κ2) is 8.98. The van der Waals surface area contributed by atoms with Gasteiger partial charge in [0, 0.05) is 42.3 Å². The molecule has 6 heteroatoms. The minimum atomic E-state index is 0.167. The van der Waals surface area contributed by atoms with E-state index in [9.17, 15) is 5.11 Å². The number of ether oxygens (including phenoxy) is 2. The molecular weight excluding hydrogens is 396 g/mol. The molecule has 0 radical (unpaired) electrons. The Balaban J connectivity index is 1.78. The molecule has 3 aromatic rings. The number of thioether (sulfide) groups is 1. The molecule has 1 aliphatic heterocycles. The van der Waals surface area contributed by atoms with Gasteiger partial charge in [-0.05, 0) is 43.7 Å². The molecular formula is C24H27N2O3S+. The van der Waals surface area contributed by atoms with E-state index in [0.29, 0.717) is 6.42 Å². The fourth-order valence-corrected chi connectivity index (χ4v) is 4.94. The molecule has 2 heterocycles. The Bertz CT molecular complexity index is 1100. The van der Waals surface area contributed by atoms with Gasteiger partial charge in [0.05, 0.1) is 30.3 Å². The summed E-state index contributed by atoms with van der Waals surface area (Å²) in [6.45, 7) is 3.95. The molecule has 0 amide bonds. The Morgan fingerprint density at radius 2 is 1.80 bits per heavy atom. The molecule has 2 aromatic carbocycles. The first-order chi connectivity index (χ1) is 14.7. The molecule has 30 heavy (non-hydrogen) atoms. The number of methoxy groups -OCH3 is 2. The quantitative estimate of drug-likeness (QED) is 0.569. The Morgan fingerprint density at radius 3 is 2.53 bits per heavy atom. The van der Waals surface area contributed by atoms with Gasteiger partial charge in [-0.1, -0.05) is 11.8 Å². The van der Waals surface area contributed by atoms with E-state index in [1.54, 1.807) is 26.0 Å². The van der Waals surface area contributed by atoms with Gasteiger partial charge in [-0.2, -0.15) is 4.57 Å². The summed E-state index contributed by atoms with van der Waals surface area (Å²) >= 11 is 1.76. The Kier molecular flexibility index (Phi) is 6.16. The van der Waals surface area contributed by atoms with Crippen LogP contribution in [-0.2, 0) is 6.54 Å². The van der Waals surface area contributed by atoms with Gasteiger partial charge in [-0.25, -0.2) is 0 Å².